The summed E-state index contributed by atoms with van der Waals surface area (Å²) in [4.78, 5) is 85.1. The number of para-hydroxylation sites is 2. The first-order valence-electron chi connectivity index (χ1n) is 28.2. The zero-order valence-electron chi connectivity index (χ0n) is 47.1. The molecular weight excluding hydrogens is 1100 g/mol. The number of aryl methyl sites for hydroxylation is 2. The van der Waals surface area contributed by atoms with Gasteiger partial charge in [0.15, 0.2) is 21.7 Å². The molecule has 0 bridgehead atoms. The van der Waals surface area contributed by atoms with Crippen LogP contribution in [-0.2, 0) is 28.3 Å². The van der Waals surface area contributed by atoms with Crippen LogP contribution >= 0.6 is 22.7 Å². The molecule has 24 heteroatoms. The van der Waals surface area contributed by atoms with E-state index in [0.717, 1.165) is 100 Å². The van der Waals surface area contributed by atoms with Crippen LogP contribution in [0.3, 0.4) is 0 Å². The number of carbonyl (C=O) groups is 3. The highest BCUT2D eigenvalue weighted by Crippen LogP contribution is 2.36. The highest BCUT2D eigenvalue weighted by Gasteiger charge is 2.30. The Hall–Kier alpha value is -7.77. The molecule has 3 N–H and O–H groups in total. The first-order valence-corrected chi connectivity index (χ1v) is 30.0. The second-order valence-electron chi connectivity index (χ2n) is 22.1. The molecule has 0 saturated carbocycles. The SMILES string of the molecule is Cn1c(=O)n(-c2csc(C(=O)Nc3cnccc3C3CCN(C(=O)OC(C)(C)C)CC3)n2)c2cccc(OCC3CCCO3)c21.Cn1c(=O)n(-c2csc(C(=O)Nc3cnccc3C3CCNCC3)n2)c2cccc(OCC3CCCO3)c21. The summed E-state index contributed by atoms with van der Waals surface area (Å²) in [5, 5.41) is 13.3. The lowest BCUT2D eigenvalue weighted by atomic mass is 9.89. The average Bonchev–Trinajstić information content (AvgIpc) is 4.51. The Morgan fingerprint density at radius 2 is 1.13 bits per heavy atom. The summed E-state index contributed by atoms with van der Waals surface area (Å²) in [5.41, 5.74) is 4.89. The number of likely N-dealkylation sites (tertiary alicyclic amines) is 1. The normalized spacial score (nSPS) is 17.8. The Morgan fingerprint density at radius 1 is 0.663 bits per heavy atom. The third kappa shape index (κ3) is 12.6. The van der Waals surface area contributed by atoms with E-state index < -0.39 is 5.60 Å². The minimum Gasteiger partial charge on any atom is -0.489 e. The molecule has 2 atom stereocenters. The first-order chi connectivity index (χ1) is 40.2. The molecule has 12 rings (SSSR count). The summed E-state index contributed by atoms with van der Waals surface area (Å²) in [6.07, 6.45) is 14.1. The fourth-order valence-corrected chi connectivity index (χ4v) is 12.6. The number of imidazole rings is 2. The van der Waals surface area contributed by atoms with Crippen molar-refractivity contribution in [3.63, 3.8) is 0 Å². The number of piperidine rings is 2. The molecule has 3 amide bonds. The van der Waals surface area contributed by atoms with Crippen molar-refractivity contribution in [3.8, 4) is 23.1 Å². The summed E-state index contributed by atoms with van der Waals surface area (Å²) in [7, 11) is 3.41. The molecule has 0 aliphatic carbocycles. The van der Waals surface area contributed by atoms with E-state index >= 15 is 0 Å². The van der Waals surface area contributed by atoms with E-state index in [9.17, 15) is 24.0 Å². The number of amides is 3. The fourth-order valence-electron chi connectivity index (χ4n) is 11.2. The van der Waals surface area contributed by atoms with Gasteiger partial charge in [-0.3, -0.25) is 28.7 Å². The third-order valence-electron chi connectivity index (χ3n) is 15.4. The lowest BCUT2D eigenvalue weighted by Crippen LogP contribution is -2.41. The number of thiazole rings is 2. The average molecular weight is 1170 g/mol. The van der Waals surface area contributed by atoms with Crippen LogP contribution in [0, 0.1) is 0 Å². The maximum atomic E-state index is 13.4. The van der Waals surface area contributed by atoms with Crippen LogP contribution in [0.15, 0.2) is 93.7 Å². The van der Waals surface area contributed by atoms with Gasteiger partial charge in [-0.05, 0) is 145 Å². The number of carbonyl (C=O) groups excluding carboxylic acids is 3. The molecule has 2 aromatic carbocycles. The van der Waals surface area contributed by atoms with Crippen molar-refractivity contribution in [3.05, 3.63) is 126 Å². The zero-order valence-corrected chi connectivity index (χ0v) is 48.8. The van der Waals surface area contributed by atoms with E-state index in [4.69, 9.17) is 23.7 Å². The van der Waals surface area contributed by atoms with Crippen LogP contribution in [0.1, 0.15) is 115 Å². The number of nitrogens with zero attached hydrogens (tertiary/aromatic N) is 9. The van der Waals surface area contributed by atoms with E-state index in [1.54, 1.807) is 59.1 Å². The molecule has 6 aromatic heterocycles. The smallest absolute Gasteiger partial charge is 0.410 e. The lowest BCUT2D eigenvalue weighted by molar-refractivity contribution is 0.0204. The molecule has 2 unspecified atom stereocenters. The minimum absolute atomic E-state index is 0.0457. The molecular formula is C59H68N12O10S2. The molecule has 436 valence electrons. The van der Waals surface area contributed by atoms with Crippen molar-refractivity contribution < 1.29 is 38.1 Å². The van der Waals surface area contributed by atoms with Gasteiger partial charge in [-0.15, -0.1) is 22.7 Å². The van der Waals surface area contributed by atoms with Gasteiger partial charge in [0.25, 0.3) is 11.8 Å². The number of fused-ring (bicyclic) bond motifs is 2. The molecule has 4 saturated heterocycles. The number of rotatable bonds is 14. The van der Waals surface area contributed by atoms with Crippen molar-refractivity contribution in [2.45, 2.75) is 102 Å². The standard InChI is InChI=1S/C32H38N6O6S.C27H30N6O4S/c1-32(2,3)44-31(41)37-14-11-20(12-15-37)22-10-13-33-17-23(22)34-28(39)29-35-26(19-45-29)38-24-8-5-9-25(27(24)36(4)30(38)40)43-18-21-7-6-16-42-21;1-32-24-21(5-2-6-22(24)37-15-18-4-3-13-36-18)33(27(32)35)23-16-38-26(31-23)25(34)30-20-14-29-12-9-19(20)17-7-10-28-11-8-17/h5,8-10,13,17,19-21H,6-7,11-12,14-16,18H2,1-4H3,(H,34,39);2,5-6,9,12,14,16-18,28H,3-4,7-8,10-11,13,15H2,1H3,(H,30,34). The molecule has 10 heterocycles. The lowest BCUT2D eigenvalue weighted by Gasteiger charge is -2.34. The van der Waals surface area contributed by atoms with E-state index in [1.165, 1.54) is 25.0 Å². The van der Waals surface area contributed by atoms with Crippen LogP contribution in [0.5, 0.6) is 11.5 Å². The van der Waals surface area contributed by atoms with Gasteiger partial charge in [-0.1, -0.05) is 12.1 Å². The van der Waals surface area contributed by atoms with Gasteiger partial charge in [0, 0.05) is 63.6 Å². The number of hydrogen-bond acceptors (Lipinski definition) is 17. The van der Waals surface area contributed by atoms with Crippen molar-refractivity contribution in [2.24, 2.45) is 14.1 Å². The number of ether oxygens (including phenoxy) is 5. The highest BCUT2D eigenvalue weighted by molar-refractivity contribution is 7.12. The number of pyridine rings is 2. The molecule has 0 radical (unpaired) electrons. The van der Waals surface area contributed by atoms with Gasteiger partial charge < -0.3 is 44.5 Å². The molecule has 4 aliphatic rings. The first kappa shape index (κ1) is 57.1. The van der Waals surface area contributed by atoms with Gasteiger partial charge >= 0.3 is 17.5 Å². The largest absolute Gasteiger partial charge is 0.489 e. The van der Waals surface area contributed by atoms with Gasteiger partial charge in [0.2, 0.25) is 0 Å². The number of nitrogens with one attached hydrogen (secondary N) is 3. The van der Waals surface area contributed by atoms with Crippen molar-refractivity contribution in [1.29, 1.82) is 0 Å². The fraction of sp³-hybridized carbons (Fsp3) is 0.441. The van der Waals surface area contributed by atoms with E-state index in [0.29, 0.717) is 88.8 Å². The summed E-state index contributed by atoms with van der Waals surface area (Å²) in [6, 6.07) is 15.0. The molecule has 4 fully saturated rings. The summed E-state index contributed by atoms with van der Waals surface area (Å²) in [6.45, 7) is 11.0. The minimum atomic E-state index is -0.546. The number of hydrogen-bond donors (Lipinski definition) is 3. The summed E-state index contributed by atoms with van der Waals surface area (Å²) in [5.74, 6) is 1.77. The summed E-state index contributed by atoms with van der Waals surface area (Å²) < 4.78 is 35.1. The maximum Gasteiger partial charge on any atom is 0.410 e. The quantitative estimate of drug-likeness (QED) is 0.0924. The van der Waals surface area contributed by atoms with E-state index in [1.807, 2.05) is 69.3 Å². The topological polar surface area (TPSA) is 242 Å². The Balaban J connectivity index is 0.000000176. The zero-order chi connectivity index (χ0) is 57.8. The molecule has 83 heavy (non-hydrogen) atoms. The molecule has 22 nitrogen and oxygen atoms in total. The highest BCUT2D eigenvalue weighted by atomic mass is 32.1. The van der Waals surface area contributed by atoms with Gasteiger partial charge in [-0.2, -0.15) is 0 Å². The molecule has 0 spiro atoms. The Labute approximate surface area is 486 Å². The van der Waals surface area contributed by atoms with Crippen LogP contribution in [-0.4, -0.2) is 131 Å². The van der Waals surface area contributed by atoms with Gasteiger partial charge in [0.05, 0.1) is 47.0 Å². The van der Waals surface area contributed by atoms with E-state index in [2.05, 4.69) is 35.9 Å². The van der Waals surface area contributed by atoms with Crippen LogP contribution in [0.4, 0.5) is 16.2 Å². The monoisotopic (exact) mass is 1170 g/mol. The van der Waals surface area contributed by atoms with Crippen LogP contribution in [0.2, 0.25) is 0 Å². The van der Waals surface area contributed by atoms with Crippen molar-refractivity contribution in [2.75, 3.05) is 63.2 Å². The molecule has 8 aromatic rings. The molecule has 4 aliphatic heterocycles. The van der Waals surface area contributed by atoms with Crippen molar-refractivity contribution in [1.82, 2.24) is 48.4 Å². The maximum absolute atomic E-state index is 13.4. The van der Waals surface area contributed by atoms with Gasteiger partial charge in [-0.25, -0.2) is 33.5 Å². The second kappa shape index (κ2) is 25.0. The van der Waals surface area contributed by atoms with E-state index in [-0.39, 0.29) is 57.4 Å². The number of benzene rings is 2. The number of aromatic nitrogens is 8. The Bertz CT molecular complexity index is 3760. The van der Waals surface area contributed by atoms with Crippen LogP contribution < -0.4 is 36.8 Å². The van der Waals surface area contributed by atoms with Crippen LogP contribution in [0.25, 0.3) is 33.7 Å². The Morgan fingerprint density at radius 3 is 1.58 bits per heavy atom. The van der Waals surface area contributed by atoms with Gasteiger partial charge in [0.1, 0.15) is 41.3 Å². The third-order valence-corrected chi connectivity index (χ3v) is 17.0. The number of anilines is 2. The second-order valence-corrected chi connectivity index (χ2v) is 23.8. The Kier molecular flexibility index (Phi) is 17.2. The summed E-state index contributed by atoms with van der Waals surface area (Å²) >= 11 is 2.36. The predicted molar refractivity (Wildman–Crippen MR) is 316 cm³/mol. The van der Waals surface area contributed by atoms with Crippen molar-refractivity contribution >= 4 is 74.0 Å². The predicted octanol–water partition coefficient (Wildman–Crippen LogP) is 8.56.